The summed E-state index contributed by atoms with van der Waals surface area (Å²) in [7, 11) is 0. The van der Waals surface area contributed by atoms with Crippen molar-refractivity contribution in [1.82, 2.24) is 0 Å². The molecule has 2 rings (SSSR count). The SMILES string of the molecule is CC(=O)c1cccc2c(Cl)coc12. The molecule has 0 amide bonds. The summed E-state index contributed by atoms with van der Waals surface area (Å²) in [5, 5.41) is 1.33. The van der Waals surface area contributed by atoms with Crippen LogP contribution in [0, 0.1) is 0 Å². The van der Waals surface area contributed by atoms with Crippen molar-refractivity contribution in [1.29, 1.82) is 0 Å². The third-order valence-electron chi connectivity index (χ3n) is 1.93. The average molecular weight is 195 g/mol. The van der Waals surface area contributed by atoms with Gasteiger partial charge in [0.05, 0.1) is 10.6 Å². The zero-order chi connectivity index (χ0) is 9.42. The average Bonchev–Trinajstić information content (AvgIpc) is 2.48. The monoisotopic (exact) mass is 194 g/mol. The van der Waals surface area contributed by atoms with Crippen molar-refractivity contribution in [2.75, 3.05) is 0 Å². The Kier molecular flexibility index (Phi) is 1.85. The molecule has 0 aliphatic carbocycles. The summed E-state index contributed by atoms with van der Waals surface area (Å²) in [5.74, 6) is -0.0170. The maximum absolute atomic E-state index is 11.2. The van der Waals surface area contributed by atoms with Crippen LogP contribution in [0.4, 0.5) is 0 Å². The van der Waals surface area contributed by atoms with Crippen LogP contribution in [-0.2, 0) is 0 Å². The number of hydrogen-bond donors (Lipinski definition) is 0. The number of carbonyl (C=O) groups excluding carboxylic acids is 1. The van der Waals surface area contributed by atoms with Gasteiger partial charge in [0, 0.05) is 5.39 Å². The molecule has 0 unspecified atom stereocenters. The largest absolute Gasteiger partial charge is 0.462 e. The molecular formula is C10H7ClO2. The van der Waals surface area contributed by atoms with Gasteiger partial charge < -0.3 is 4.42 Å². The Morgan fingerprint density at radius 2 is 2.23 bits per heavy atom. The lowest BCUT2D eigenvalue weighted by Crippen LogP contribution is -1.91. The molecule has 0 radical (unpaired) electrons. The fraction of sp³-hybridized carbons (Fsp3) is 0.100. The summed E-state index contributed by atoms with van der Waals surface area (Å²) in [6, 6.07) is 5.35. The first-order valence-electron chi connectivity index (χ1n) is 3.87. The first-order chi connectivity index (χ1) is 6.20. The molecule has 1 aromatic heterocycles. The molecule has 0 atom stereocenters. The van der Waals surface area contributed by atoms with E-state index in [0.29, 0.717) is 16.2 Å². The third kappa shape index (κ3) is 1.23. The lowest BCUT2D eigenvalue weighted by Gasteiger charge is -1.95. The van der Waals surface area contributed by atoms with Crippen LogP contribution in [0.5, 0.6) is 0 Å². The van der Waals surface area contributed by atoms with Gasteiger partial charge in [-0.05, 0) is 19.1 Å². The summed E-state index contributed by atoms with van der Waals surface area (Å²) < 4.78 is 5.19. The maximum Gasteiger partial charge on any atom is 0.163 e. The molecule has 0 aliphatic heterocycles. The molecule has 0 spiro atoms. The number of fused-ring (bicyclic) bond motifs is 1. The van der Waals surface area contributed by atoms with Crippen LogP contribution in [0.3, 0.4) is 0 Å². The highest BCUT2D eigenvalue weighted by molar-refractivity contribution is 6.35. The number of benzene rings is 1. The smallest absolute Gasteiger partial charge is 0.163 e. The lowest BCUT2D eigenvalue weighted by atomic mass is 10.1. The molecule has 2 nitrogen and oxygen atoms in total. The zero-order valence-corrected chi connectivity index (χ0v) is 7.76. The number of halogens is 1. The van der Waals surface area contributed by atoms with Crippen LogP contribution in [0.2, 0.25) is 5.02 Å². The van der Waals surface area contributed by atoms with Gasteiger partial charge >= 0.3 is 0 Å². The standard InChI is InChI=1S/C10H7ClO2/c1-6(12)7-3-2-4-8-9(11)5-13-10(7)8/h2-5H,1H3. The number of furan rings is 1. The van der Waals surface area contributed by atoms with Crippen molar-refractivity contribution in [2.24, 2.45) is 0 Å². The van der Waals surface area contributed by atoms with E-state index in [1.165, 1.54) is 13.2 Å². The van der Waals surface area contributed by atoms with Crippen molar-refractivity contribution in [3.8, 4) is 0 Å². The second-order valence-electron chi connectivity index (χ2n) is 2.82. The first-order valence-corrected chi connectivity index (χ1v) is 4.24. The van der Waals surface area contributed by atoms with Crippen LogP contribution in [0.1, 0.15) is 17.3 Å². The number of Topliss-reactive ketones (excluding diaryl/α,β-unsaturated/α-hetero) is 1. The van der Waals surface area contributed by atoms with E-state index in [1.807, 2.05) is 6.07 Å². The van der Waals surface area contributed by atoms with Crippen LogP contribution in [0.15, 0.2) is 28.9 Å². The van der Waals surface area contributed by atoms with Crippen molar-refractivity contribution < 1.29 is 9.21 Å². The van der Waals surface area contributed by atoms with Gasteiger partial charge in [-0.2, -0.15) is 0 Å². The predicted octanol–water partition coefficient (Wildman–Crippen LogP) is 3.29. The molecule has 0 aliphatic rings. The minimum atomic E-state index is -0.0170. The number of hydrogen-bond acceptors (Lipinski definition) is 2. The van der Waals surface area contributed by atoms with E-state index < -0.39 is 0 Å². The van der Waals surface area contributed by atoms with E-state index in [4.69, 9.17) is 16.0 Å². The van der Waals surface area contributed by atoms with Crippen molar-refractivity contribution in [3.05, 3.63) is 35.0 Å². The van der Waals surface area contributed by atoms with E-state index in [1.54, 1.807) is 12.1 Å². The van der Waals surface area contributed by atoms with Gasteiger partial charge in [0.2, 0.25) is 0 Å². The minimum absolute atomic E-state index is 0.0170. The molecule has 13 heavy (non-hydrogen) atoms. The second kappa shape index (κ2) is 2.89. The molecule has 1 aromatic carbocycles. The summed E-state index contributed by atoms with van der Waals surface area (Å²) in [4.78, 5) is 11.2. The molecule has 0 fully saturated rings. The van der Waals surface area contributed by atoms with Crippen molar-refractivity contribution >= 4 is 28.4 Å². The van der Waals surface area contributed by atoms with Crippen molar-refractivity contribution in [3.63, 3.8) is 0 Å². The summed E-state index contributed by atoms with van der Waals surface area (Å²) in [6.45, 7) is 1.51. The summed E-state index contributed by atoms with van der Waals surface area (Å²) in [5.41, 5.74) is 1.14. The summed E-state index contributed by atoms with van der Waals surface area (Å²) in [6.07, 6.45) is 1.44. The molecule has 66 valence electrons. The van der Waals surface area contributed by atoms with Crippen LogP contribution in [0.25, 0.3) is 11.0 Å². The maximum atomic E-state index is 11.2. The van der Waals surface area contributed by atoms with Crippen LogP contribution in [-0.4, -0.2) is 5.78 Å². The van der Waals surface area contributed by atoms with E-state index >= 15 is 0 Å². The van der Waals surface area contributed by atoms with E-state index in [0.717, 1.165) is 5.39 Å². The quantitative estimate of drug-likeness (QED) is 0.652. The van der Waals surface area contributed by atoms with Gasteiger partial charge in [-0.3, -0.25) is 4.79 Å². The van der Waals surface area contributed by atoms with E-state index in [-0.39, 0.29) is 5.78 Å². The molecule has 3 heteroatoms. The highest BCUT2D eigenvalue weighted by Crippen LogP contribution is 2.27. The third-order valence-corrected chi connectivity index (χ3v) is 2.22. The van der Waals surface area contributed by atoms with E-state index in [9.17, 15) is 4.79 Å². The van der Waals surface area contributed by atoms with Gasteiger partial charge in [-0.25, -0.2) is 0 Å². The molecule has 1 heterocycles. The highest BCUT2D eigenvalue weighted by atomic mass is 35.5. The van der Waals surface area contributed by atoms with Crippen LogP contribution < -0.4 is 0 Å². The van der Waals surface area contributed by atoms with Gasteiger partial charge in [0.1, 0.15) is 11.8 Å². The lowest BCUT2D eigenvalue weighted by molar-refractivity contribution is 0.101. The predicted molar refractivity (Wildman–Crippen MR) is 51.2 cm³/mol. The van der Waals surface area contributed by atoms with Gasteiger partial charge in [0.25, 0.3) is 0 Å². The Morgan fingerprint density at radius 1 is 1.46 bits per heavy atom. The fourth-order valence-corrected chi connectivity index (χ4v) is 1.50. The Labute approximate surface area is 80.1 Å². The highest BCUT2D eigenvalue weighted by Gasteiger charge is 2.10. The molecule has 0 N–H and O–H groups in total. The molecule has 0 saturated carbocycles. The fourth-order valence-electron chi connectivity index (χ4n) is 1.30. The van der Waals surface area contributed by atoms with Gasteiger partial charge in [0.15, 0.2) is 5.78 Å². The minimum Gasteiger partial charge on any atom is -0.462 e. The molecular weight excluding hydrogens is 188 g/mol. The van der Waals surface area contributed by atoms with Crippen molar-refractivity contribution in [2.45, 2.75) is 6.92 Å². The Balaban J connectivity index is 2.84. The Hall–Kier alpha value is -1.28. The first kappa shape index (κ1) is 8.32. The summed E-state index contributed by atoms with van der Waals surface area (Å²) >= 11 is 5.84. The Morgan fingerprint density at radius 3 is 2.92 bits per heavy atom. The number of rotatable bonds is 1. The van der Waals surface area contributed by atoms with Crippen LogP contribution >= 0.6 is 11.6 Å². The second-order valence-corrected chi connectivity index (χ2v) is 3.23. The molecule has 0 saturated heterocycles. The normalized spacial score (nSPS) is 10.6. The Bertz CT molecular complexity index is 471. The molecule has 0 bridgehead atoms. The van der Waals surface area contributed by atoms with E-state index in [2.05, 4.69) is 0 Å². The van der Waals surface area contributed by atoms with Gasteiger partial charge in [-0.15, -0.1) is 0 Å². The topological polar surface area (TPSA) is 30.2 Å². The number of para-hydroxylation sites is 1. The van der Waals surface area contributed by atoms with Gasteiger partial charge in [-0.1, -0.05) is 17.7 Å². The zero-order valence-electron chi connectivity index (χ0n) is 7.00. The number of carbonyl (C=O) groups is 1. The molecule has 2 aromatic rings. The number of ketones is 1.